The third kappa shape index (κ3) is 2.65. The molecule has 0 spiro atoms. The van der Waals surface area contributed by atoms with Gasteiger partial charge in [-0.25, -0.2) is 14.7 Å². The zero-order valence-electron chi connectivity index (χ0n) is 16.5. The molecule has 3 aliphatic rings. The second kappa shape index (κ2) is 6.03. The molecule has 1 unspecified atom stereocenters. The lowest BCUT2D eigenvalue weighted by molar-refractivity contribution is -0.137. The minimum absolute atomic E-state index is 0.0363. The summed E-state index contributed by atoms with van der Waals surface area (Å²) in [5.74, 6) is -0.286. The highest BCUT2D eigenvalue weighted by Gasteiger charge is 2.62. The third-order valence-corrected chi connectivity index (χ3v) is 5.69. The molecule has 3 atom stereocenters. The predicted molar refractivity (Wildman–Crippen MR) is 100 cm³/mol. The first-order chi connectivity index (χ1) is 13.1. The summed E-state index contributed by atoms with van der Waals surface area (Å²) < 4.78 is 0. The molecule has 3 saturated heterocycles. The minimum Gasteiger partial charge on any atom is -0.335 e. The molecule has 0 radical (unpaired) electrons. The molecule has 0 aliphatic carbocycles. The summed E-state index contributed by atoms with van der Waals surface area (Å²) in [5.41, 5.74) is 1.11. The maximum Gasteiger partial charge on any atom is 0.332 e. The topological polar surface area (TPSA) is 97.6 Å². The molecule has 8 heteroatoms. The maximum absolute atomic E-state index is 13.1. The summed E-state index contributed by atoms with van der Waals surface area (Å²) in [6.07, 6.45) is 2.44. The summed E-state index contributed by atoms with van der Waals surface area (Å²) in [7, 11) is 0. The van der Waals surface area contributed by atoms with Gasteiger partial charge in [-0.3, -0.25) is 9.59 Å². The van der Waals surface area contributed by atoms with Gasteiger partial charge >= 0.3 is 6.03 Å². The number of imide groups is 1. The number of urea groups is 1. The molecular weight excluding hydrogens is 358 g/mol. The molecular formula is C20H23N5O3. The van der Waals surface area contributed by atoms with E-state index in [1.54, 1.807) is 22.8 Å². The Hall–Kier alpha value is -2.95. The standard InChI is InChI=1S/C20H23N5O3/c1-11-5-12(9-22-14(11)8-21)25-18(27)17-15-6-13(24(17)19(25)28)10-23(15)16(26)7-20(2,3)4/h5,9,13,15,17H,6-7,10H2,1-4H3/t13-,15?,17+/m1/s1. The number of hydrogen-bond acceptors (Lipinski definition) is 5. The number of carbonyl (C=O) groups excluding carboxylic acids is 3. The summed E-state index contributed by atoms with van der Waals surface area (Å²) in [6.45, 7) is 8.23. The molecule has 4 heterocycles. The molecule has 4 rings (SSSR count). The Balaban J connectivity index is 1.61. The number of pyridine rings is 1. The molecule has 3 fully saturated rings. The van der Waals surface area contributed by atoms with Gasteiger partial charge < -0.3 is 9.80 Å². The average Bonchev–Trinajstić information content (AvgIpc) is 3.25. The van der Waals surface area contributed by atoms with Crippen molar-refractivity contribution in [1.82, 2.24) is 14.8 Å². The number of carbonyl (C=O) groups is 3. The van der Waals surface area contributed by atoms with E-state index in [-0.39, 0.29) is 41.0 Å². The van der Waals surface area contributed by atoms with Gasteiger partial charge in [0.1, 0.15) is 17.8 Å². The Morgan fingerprint density at radius 3 is 2.68 bits per heavy atom. The maximum atomic E-state index is 13.1. The molecule has 8 nitrogen and oxygen atoms in total. The first-order valence-electron chi connectivity index (χ1n) is 9.45. The van der Waals surface area contributed by atoms with Crippen LogP contribution in [0.25, 0.3) is 0 Å². The minimum atomic E-state index is -0.633. The van der Waals surface area contributed by atoms with Crippen LogP contribution in [0.5, 0.6) is 0 Å². The van der Waals surface area contributed by atoms with Crippen LogP contribution >= 0.6 is 0 Å². The van der Waals surface area contributed by atoms with Crippen LogP contribution in [0, 0.1) is 23.7 Å². The molecule has 28 heavy (non-hydrogen) atoms. The number of piperazine rings is 1. The Morgan fingerprint density at radius 2 is 2.07 bits per heavy atom. The summed E-state index contributed by atoms with van der Waals surface area (Å²) >= 11 is 0. The van der Waals surface area contributed by atoms with Gasteiger partial charge in [-0.05, 0) is 30.4 Å². The number of nitriles is 1. The Kier molecular flexibility index (Phi) is 3.96. The number of hydrogen-bond donors (Lipinski definition) is 0. The Morgan fingerprint density at radius 1 is 1.36 bits per heavy atom. The number of nitrogens with zero attached hydrogens (tertiary/aromatic N) is 5. The summed E-state index contributed by atoms with van der Waals surface area (Å²) in [5, 5.41) is 9.04. The van der Waals surface area contributed by atoms with Crippen molar-refractivity contribution in [2.24, 2.45) is 5.41 Å². The highest BCUT2D eigenvalue weighted by atomic mass is 16.2. The van der Waals surface area contributed by atoms with Gasteiger partial charge in [0, 0.05) is 13.0 Å². The van der Waals surface area contributed by atoms with E-state index in [1.807, 2.05) is 26.8 Å². The zero-order valence-corrected chi connectivity index (χ0v) is 16.5. The van der Waals surface area contributed by atoms with Gasteiger partial charge in [0.05, 0.1) is 24.0 Å². The number of aryl methyl sites for hydroxylation is 1. The first-order valence-corrected chi connectivity index (χ1v) is 9.45. The lowest BCUT2D eigenvalue weighted by atomic mass is 9.91. The number of aromatic nitrogens is 1. The second-order valence-corrected chi connectivity index (χ2v) is 9.02. The highest BCUT2D eigenvalue weighted by molar-refractivity contribution is 6.22. The number of fused-ring (bicyclic) bond motifs is 5. The Labute approximate surface area is 163 Å². The van der Waals surface area contributed by atoms with E-state index in [0.717, 1.165) is 4.90 Å². The van der Waals surface area contributed by atoms with Crippen molar-refractivity contribution in [3.05, 3.63) is 23.5 Å². The van der Waals surface area contributed by atoms with Crippen molar-refractivity contribution in [3.8, 4) is 6.07 Å². The predicted octanol–water partition coefficient (Wildman–Crippen LogP) is 1.82. The van der Waals surface area contributed by atoms with Crippen molar-refractivity contribution in [2.45, 2.75) is 58.7 Å². The molecule has 3 aliphatic heterocycles. The molecule has 1 aromatic rings. The number of rotatable bonds is 2. The summed E-state index contributed by atoms with van der Waals surface area (Å²) in [4.78, 5) is 47.5. The van der Waals surface area contributed by atoms with Gasteiger partial charge in [-0.2, -0.15) is 5.26 Å². The van der Waals surface area contributed by atoms with Crippen molar-refractivity contribution in [3.63, 3.8) is 0 Å². The van der Waals surface area contributed by atoms with E-state index >= 15 is 0 Å². The molecule has 2 bridgehead atoms. The Bertz CT molecular complexity index is 929. The molecule has 0 saturated carbocycles. The normalized spacial score (nSPS) is 26.1. The number of anilines is 1. The van der Waals surface area contributed by atoms with Gasteiger partial charge in [0.25, 0.3) is 5.91 Å². The SMILES string of the molecule is Cc1cc(N2C(=O)[C@@H]3C4C[C@H](CN4C(=O)CC(C)(C)C)N3C2=O)cnc1C#N. The van der Waals surface area contributed by atoms with Gasteiger partial charge in [0.2, 0.25) is 5.91 Å². The quantitative estimate of drug-likeness (QED) is 0.728. The lowest BCUT2D eigenvalue weighted by Crippen LogP contribution is -2.55. The van der Waals surface area contributed by atoms with Crippen molar-refractivity contribution >= 4 is 23.5 Å². The van der Waals surface area contributed by atoms with E-state index in [2.05, 4.69) is 4.98 Å². The van der Waals surface area contributed by atoms with Crippen molar-refractivity contribution in [2.75, 3.05) is 11.4 Å². The van der Waals surface area contributed by atoms with E-state index in [1.165, 1.54) is 6.20 Å². The highest BCUT2D eigenvalue weighted by Crippen LogP contribution is 2.43. The number of likely N-dealkylation sites (tertiary alicyclic amines) is 1. The zero-order chi connectivity index (χ0) is 20.4. The lowest BCUT2D eigenvalue weighted by Gasteiger charge is -2.36. The van der Waals surface area contributed by atoms with E-state index in [0.29, 0.717) is 30.6 Å². The number of amides is 4. The third-order valence-electron chi connectivity index (χ3n) is 5.69. The van der Waals surface area contributed by atoms with Crippen LogP contribution in [0.4, 0.5) is 10.5 Å². The van der Waals surface area contributed by atoms with E-state index in [9.17, 15) is 14.4 Å². The molecule has 146 valence electrons. The van der Waals surface area contributed by atoms with Crippen LogP contribution in [0.2, 0.25) is 0 Å². The van der Waals surface area contributed by atoms with E-state index < -0.39 is 6.04 Å². The molecule has 0 aromatic carbocycles. The summed E-state index contributed by atoms with van der Waals surface area (Å²) in [6, 6.07) is 2.22. The fraction of sp³-hybridized carbons (Fsp3) is 0.550. The van der Waals surface area contributed by atoms with Gasteiger partial charge in [0.15, 0.2) is 0 Å². The monoisotopic (exact) mass is 381 g/mol. The van der Waals surface area contributed by atoms with Crippen LogP contribution < -0.4 is 4.90 Å². The largest absolute Gasteiger partial charge is 0.335 e. The van der Waals surface area contributed by atoms with Gasteiger partial charge in [-0.15, -0.1) is 0 Å². The smallest absolute Gasteiger partial charge is 0.332 e. The van der Waals surface area contributed by atoms with Crippen LogP contribution in [0.1, 0.15) is 44.9 Å². The van der Waals surface area contributed by atoms with Crippen molar-refractivity contribution in [1.29, 1.82) is 5.26 Å². The first kappa shape index (κ1) is 18.4. The van der Waals surface area contributed by atoms with Crippen LogP contribution in [0.3, 0.4) is 0 Å². The molecule has 4 amide bonds. The van der Waals surface area contributed by atoms with Crippen LogP contribution in [0.15, 0.2) is 12.3 Å². The van der Waals surface area contributed by atoms with Crippen LogP contribution in [-0.2, 0) is 9.59 Å². The average molecular weight is 381 g/mol. The van der Waals surface area contributed by atoms with Crippen molar-refractivity contribution < 1.29 is 14.4 Å². The molecule has 1 aromatic heterocycles. The fourth-order valence-corrected chi connectivity index (χ4v) is 4.54. The van der Waals surface area contributed by atoms with Crippen LogP contribution in [-0.4, -0.2) is 57.3 Å². The van der Waals surface area contributed by atoms with Gasteiger partial charge in [-0.1, -0.05) is 20.8 Å². The second-order valence-electron chi connectivity index (χ2n) is 9.02. The fourth-order valence-electron chi connectivity index (χ4n) is 4.54. The molecule has 0 N–H and O–H groups in total. The van der Waals surface area contributed by atoms with E-state index in [4.69, 9.17) is 5.26 Å².